The molecule has 0 saturated heterocycles. The Morgan fingerprint density at radius 2 is 1.88 bits per heavy atom. The highest BCUT2D eigenvalue weighted by Gasteiger charge is 2.30. The Hall–Kier alpha value is -1.53. The Morgan fingerprint density at radius 3 is 2.44 bits per heavy atom. The average Bonchev–Trinajstić information content (AvgIpc) is 2.75. The topological polar surface area (TPSA) is 56.0 Å². The van der Waals surface area contributed by atoms with Gasteiger partial charge in [-0.2, -0.15) is 5.26 Å². The molecule has 1 aliphatic rings. The Labute approximate surface area is 95.7 Å². The largest absolute Gasteiger partial charge is 0.388 e. The molecule has 1 aromatic carbocycles. The number of nitriles is 1. The first-order valence-corrected chi connectivity index (χ1v) is 5.68. The van der Waals surface area contributed by atoms with Gasteiger partial charge in [0.15, 0.2) is 0 Å². The fraction of sp³-hybridized carbons (Fsp3) is 0.462. The highest BCUT2D eigenvalue weighted by Crippen LogP contribution is 2.29. The first kappa shape index (κ1) is 11.0. The quantitative estimate of drug-likeness (QED) is 0.815. The van der Waals surface area contributed by atoms with Crippen LogP contribution in [0.15, 0.2) is 24.3 Å². The molecule has 0 radical (unpaired) electrons. The standard InChI is InChI=1S/C13H16N2O/c14-9-11-3-5-12(6-4-11)15-10-13(16)7-1-2-8-13/h3-6,15-16H,1-2,7-8,10H2. The van der Waals surface area contributed by atoms with Crippen molar-refractivity contribution in [3.8, 4) is 6.07 Å². The summed E-state index contributed by atoms with van der Waals surface area (Å²) < 4.78 is 0. The predicted molar refractivity (Wildman–Crippen MR) is 63.1 cm³/mol. The minimum Gasteiger partial charge on any atom is -0.388 e. The van der Waals surface area contributed by atoms with Crippen LogP contribution in [0.3, 0.4) is 0 Å². The summed E-state index contributed by atoms with van der Waals surface area (Å²) in [6.45, 7) is 0.596. The molecule has 0 atom stereocenters. The second-order valence-corrected chi connectivity index (χ2v) is 4.47. The maximum absolute atomic E-state index is 10.1. The van der Waals surface area contributed by atoms with Gasteiger partial charge in [0.25, 0.3) is 0 Å². The fourth-order valence-corrected chi connectivity index (χ4v) is 2.14. The summed E-state index contributed by atoms with van der Waals surface area (Å²) in [6, 6.07) is 9.38. The van der Waals surface area contributed by atoms with Crippen LogP contribution in [0.4, 0.5) is 5.69 Å². The van der Waals surface area contributed by atoms with Crippen LogP contribution in [-0.2, 0) is 0 Å². The molecule has 1 aliphatic carbocycles. The predicted octanol–water partition coefficient (Wildman–Crippen LogP) is 2.28. The molecule has 0 aliphatic heterocycles. The van der Waals surface area contributed by atoms with Crippen LogP contribution in [0.5, 0.6) is 0 Å². The van der Waals surface area contributed by atoms with Crippen molar-refractivity contribution in [1.29, 1.82) is 5.26 Å². The monoisotopic (exact) mass is 216 g/mol. The van der Waals surface area contributed by atoms with Crippen LogP contribution in [0.25, 0.3) is 0 Å². The van der Waals surface area contributed by atoms with Gasteiger partial charge in [-0.05, 0) is 37.1 Å². The summed E-state index contributed by atoms with van der Waals surface area (Å²) in [7, 11) is 0. The lowest BCUT2D eigenvalue weighted by Crippen LogP contribution is -2.33. The minimum absolute atomic E-state index is 0.534. The fourth-order valence-electron chi connectivity index (χ4n) is 2.14. The number of nitrogens with zero attached hydrogens (tertiary/aromatic N) is 1. The van der Waals surface area contributed by atoms with Gasteiger partial charge >= 0.3 is 0 Å². The average molecular weight is 216 g/mol. The first-order valence-electron chi connectivity index (χ1n) is 5.68. The summed E-state index contributed by atoms with van der Waals surface area (Å²) in [5, 5.41) is 22.0. The van der Waals surface area contributed by atoms with Gasteiger partial charge in [-0.1, -0.05) is 12.8 Å². The molecule has 0 spiro atoms. The second kappa shape index (κ2) is 4.54. The van der Waals surface area contributed by atoms with Gasteiger partial charge in [-0.25, -0.2) is 0 Å². The summed E-state index contributed by atoms with van der Waals surface area (Å²) in [4.78, 5) is 0. The number of anilines is 1. The number of nitrogens with one attached hydrogen (secondary N) is 1. The van der Waals surface area contributed by atoms with Crippen LogP contribution >= 0.6 is 0 Å². The van der Waals surface area contributed by atoms with Crippen LogP contribution < -0.4 is 5.32 Å². The van der Waals surface area contributed by atoms with Crippen molar-refractivity contribution in [3.05, 3.63) is 29.8 Å². The van der Waals surface area contributed by atoms with Crippen molar-refractivity contribution >= 4 is 5.69 Å². The highest BCUT2D eigenvalue weighted by atomic mass is 16.3. The van der Waals surface area contributed by atoms with E-state index in [2.05, 4.69) is 11.4 Å². The van der Waals surface area contributed by atoms with Crippen LogP contribution in [0.2, 0.25) is 0 Å². The molecule has 0 bridgehead atoms. The number of hydrogen-bond acceptors (Lipinski definition) is 3. The molecule has 2 rings (SSSR count). The normalized spacial score (nSPS) is 18.0. The van der Waals surface area contributed by atoms with E-state index in [9.17, 15) is 5.11 Å². The smallest absolute Gasteiger partial charge is 0.0991 e. The number of hydrogen-bond donors (Lipinski definition) is 2. The van der Waals surface area contributed by atoms with Gasteiger partial charge in [0.2, 0.25) is 0 Å². The zero-order chi connectivity index (χ0) is 11.4. The van der Waals surface area contributed by atoms with E-state index >= 15 is 0 Å². The Bertz CT molecular complexity index is 385. The zero-order valence-electron chi connectivity index (χ0n) is 9.24. The number of aliphatic hydroxyl groups is 1. The molecule has 0 heterocycles. The number of rotatable bonds is 3. The van der Waals surface area contributed by atoms with Crippen LogP contribution in [-0.4, -0.2) is 17.3 Å². The van der Waals surface area contributed by atoms with E-state index in [0.29, 0.717) is 12.1 Å². The van der Waals surface area contributed by atoms with E-state index in [1.807, 2.05) is 12.1 Å². The highest BCUT2D eigenvalue weighted by molar-refractivity contribution is 5.47. The first-order chi connectivity index (χ1) is 7.72. The second-order valence-electron chi connectivity index (χ2n) is 4.47. The lowest BCUT2D eigenvalue weighted by Gasteiger charge is -2.23. The van der Waals surface area contributed by atoms with E-state index in [-0.39, 0.29) is 0 Å². The molecular weight excluding hydrogens is 200 g/mol. The van der Waals surface area contributed by atoms with Gasteiger partial charge in [-0.3, -0.25) is 0 Å². The lowest BCUT2D eigenvalue weighted by molar-refractivity contribution is 0.0615. The molecule has 0 unspecified atom stereocenters. The van der Waals surface area contributed by atoms with E-state index in [4.69, 9.17) is 5.26 Å². The molecule has 2 N–H and O–H groups in total. The van der Waals surface area contributed by atoms with E-state index in [1.54, 1.807) is 12.1 Å². The zero-order valence-corrected chi connectivity index (χ0v) is 9.24. The van der Waals surface area contributed by atoms with Crippen LogP contribution in [0, 0.1) is 11.3 Å². The van der Waals surface area contributed by atoms with Gasteiger partial charge in [0, 0.05) is 12.2 Å². The number of benzene rings is 1. The molecule has 1 aromatic rings. The van der Waals surface area contributed by atoms with E-state index in [0.717, 1.165) is 31.4 Å². The maximum atomic E-state index is 10.1. The molecule has 16 heavy (non-hydrogen) atoms. The Balaban J connectivity index is 1.92. The van der Waals surface area contributed by atoms with Crippen molar-refractivity contribution in [1.82, 2.24) is 0 Å². The van der Waals surface area contributed by atoms with Gasteiger partial charge in [0.05, 0.1) is 17.2 Å². The molecule has 3 nitrogen and oxygen atoms in total. The third kappa shape index (κ3) is 2.53. The SMILES string of the molecule is N#Cc1ccc(NCC2(O)CCCC2)cc1. The Morgan fingerprint density at radius 1 is 1.25 bits per heavy atom. The molecule has 1 saturated carbocycles. The summed E-state index contributed by atoms with van der Waals surface area (Å²) in [6.07, 6.45) is 4.00. The van der Waals surface area contributed by atoms with Crippen molar-refractivity contribution < 1.29 is 5.11 Å². The molecule has 0 aromatic heterocycles. The molecule has 0 amide bonds. The van der Waals surface area contributed by atoms with Crippen molar-refractivity contribution in [2.45, 2.75) is 31.3 Å². The molecule has 3 heteroatoms. The van der Waals surface area contributed by atoms with Gasteiger partial charge in [-0.15, -0.1) is 0 Å². The molecule has 1 fully saturated rings. The van der Waals surface area contributed by atoms with Gasteiger partial charge < -0.3 is 10.4 Å². The summed E-state index contributed by atoms with van der Waals surface area (Å²) in [5.41, 5.74) is 1.08. The third-order valence-electron chi connectivity index (χ3n) is 3.17. The van der Waals surface area contributed by atoms with Gasteiger partial charge in [0.1, 0.15) is 0 Å². The lowest BCUT2D eigenvalue weighted by atomic mass is 10.0. The third-order valence-corrected chi connectivity index (χ3v) is 3.17. The van der Waals surface area contributed by atoms with Crippen molar-refractivity contribution in [2.75, 3.05) is 11.9 Å². The summed E-state index contributed by atoms with van der Waals surface area (Å²) in [5.74, 6) is 0. The maximum Gasteiger partial charge on any atom is 0.0991 e. The van der Waals surface area contributed by atoms with Crippen LogP contribution in [0.1, 0.15) is 31.2 Å². The Kier molecular flexibility index (Phi) is 3.12. The molecular formula is C13H16N2O. The van der Waals surface area contributed by atoms with Crippen molar-refractivity contribution in [3.63, 3.8) is 0 Å². The van der Waals surface area contributed by atoms with Crippen molar-refractivity contribution in [2.24, 2.45) is 0 Å². The molecule has 84 valence electrons. The summed E-state index contributed by atoms with van der Waals surface area (Å²) >= 11 is 0. The van der Waals surface area contributed by atoms with E-state index < -0.39 is 5.60 Å². The van der Waals surface area contributed by atoms with E-state index in [1.165, 1.54) is 0 Å². The minimum atomic E-state index is -0.534.